The molecule has 0 aliphatic heterocycles. The van der Waals surface area contributed by atoms with Crippen molar-refractivity contribution in [1.82, 2.24) is 10.3 Å². The topological polar surface area (TPSA) is 82.2 Å². The van der Waals surface area contributed by atoms with Crippen LogP contribution in [0, 0.1) is 11.6 Å². The van der Waals surface area contributed by atoms with Gasteiger partial charge < -0.3 is 15.4 Å². The van der Waals surface area contributed by atoms with E-state index in [0.29, 0.717) is 5.56 Å². The van der Waals surface area contributed by atoms with Crippen LogP contribution in [-0.4, -0.2) is 22.6 Å². The highest BCUT2D eigenvalue weighted by atomic mass is 19.1. The van der Waals surface area contributed by atoms with Crippen molar-refractivity contribution in [3.63, 3.8) is 0 Å². The van der Waals surface area contributed by atoms with Gasteiger partial charge in [-0.3, -0.25) is 9.59 Å². The molecule has 0 aliphatic rings. The van der Waals surface area contributed by atoms with Gasteiger partial charge in [0.25, 0.3) is 5.91 Å². The zero-order valence-corrected chi connectivity index (χ0v) is 12.9. The third-order valence-corrected chi connectivity index (χ3v) is 3.82. The van der Waals surface area contributed by atoms with Gasteiger partial charge >= 0.3 is 0 Å². The molecule has 3 N–H and O–H groups in total. The molecule has 0 spiro atoms. The number of carbonyl (C=O) groups is 1. The van der Waals surface area contributed by atoms with Gasteiger partial charge in [-0.25, -0.2) is 8.78 Å². The van der Waals surface area contributed by atoms with Gasteiger partial charge in [-0.05, 0) is 29.8 Å². The number of hydrogen-bond acceptors (Lipinski definition) is 3. The van der Waals surface area contributed by atoms with Crippen molar-refractivity contribution >= 4 is 16.8 Å². The minimum atomic E-state index is -0.798. The highest BCUT2D eigenvalue weighted by Gasteiger charge is 2.17. The number of rotatable bonds is 4. The van der Waals surface area contributed by atoms with Gasteiger partial charge in [-0.1, -0.05) is 18.2 Å². The van der Waals surface area contributed by atoms with Crippen molar-refractivity contribution in [1.29, 1.82) is 0 Å². The molecule has 0 aliphatic carbocycles. The fourth-order valence-electron chi connectivity index (χ4n) is 2.52. The van der Waals surface area contributed by atoms with E-state index in [1.54, 1.807) is 0 Å². The molecule has 128 valence electrons. The van der Waals surface area contributed by atoms with Crippen molar-refractivity contribution in [3.8, 4) is 0 Å². The molecule has 0 saturated heterocycles. The molecular formula is C18H14F2N2O3. The molecule has 3 rings (SSSR count). The molecule has 0 saturated carbocycles. The van der Waals surface area contributed by atoms with Gasteiger partial charge in [0.05, 0.1) is 18.2 Å². The van der Waals surface area contributed by atoms with Gasteiger partial charge in [0.1, 0.15) is 17.3 Å². The van der Waals surface area contributed by atoms with Crippen LogP contribution in [0.5, 0.6) is 0 Å². The van der Waals surface area contributed by atoms with Gasteiger partial charge in [-0.15, -0.1) is 0 Å². The minimum absolute atomic E-state index is 0.0671. The maximum absolute atomic E-state index is 13.9. The Bertz CT molecular complexity index is 984. The lowest BCUT2D eigenvalue weighted by molar-refractivity contribution is 0.0911. The smallest absolute Gasteiger partial charge is 0.268 e. The van der Waals surface area contributed by atoms with E-state index in [2.05, 4.69) is 10.3 Å². The van der Waals surface area contributed by atoms with E-state index in [-0.39, 0.29) is 16.6 Å². The fraction of sp³-hybridized carbons (Fsp3) is 0.111. The van der Waals surface area contributed by atoms with Crippen LogP contribution in [0.4, 0.5) is 8.78 Å². The zero-order valence-electron chi connectivity index (χ0n) is 12.9. The van der Waals surface area contributed by atoms with Gasteiger partial charge in [0.15, 0.2) is 5.43 Å². The average molecular weight is 344 g/mol. The summed E-state index contributed by atoms with van der Waals surface area (Å²) in [6, 6.07) is 9.57. The summed E-state index contributed by atoms with van der Waals surface area (Å²) in [5, 5.41) is 12.1. The maximum Gasteiger partial charge on any atom is 0.268 e. The van der Waals surface area contributed by atoms with Crippen molar-refractivity contribution in [3.05, 3.63) is 81.6 Å². The van der Waals surface area contributed by atoms with Crippen molar-refractivity contribution < 1.29 is 18.7 Å². The van der Waals surface area contributed by atoms with Crippen LogP contribution in [0.2, 0.25) is 0 Å². The Kier molecular flexibility index (Phi) is 4.58. The number of fused-ring (bicyclic) bond motifs is 1. The fourth-order valence-corrected chi connectivity index (χ4v) is 2.52. The average Bonchev–Trinajstić information content (AvgIpc) is 2.61. The van der Waals surface area contributed by atoms with Gasteiger partial charge in [-0.2, -0.15) is 0 Å². The van der Waals surface area contributed by atoms with Gasteiger partial charge in [0.2, 0.25) is 0 Å². The first kappa shape index (κ1) is 16.8. The summed E-state index contributed by atoms with van der Waals surface area (Å²) in [7, 11) is 0. The molecule has 2 aromatic carbocycles. The van der Waals surface area contributed by atoms with Crippen molar-refractivity contribution in [2.75, 3.05) is 6.61 Å². The Morgan fingerprint density at radius 1 is 1.16 bits per heavy atom. The van der Waals surface area contributed by atoms with Crippen LogP contribution in [0.15, 0.2) is 53.3 Å². The Balaban J connectivity index is 1.92. The number of aliphatic hydroxyl groups excluding tert-OH is 1. The second-order valence-electron chi connectivity index (χ2n) is 5.47. The predicted octanol–water partition coefficient (Wildman–Crippen LogP) is 2.27. The molecule has 5 nitrogen and oxygen atoms in total. The molecule has 1 amide bonds. The molecular weight excluding hydrogens is 330 g/mol. The summed E-state index contributed by atoms with van der Waals surface area (Å²) in [6.07, 6.45) is 0. The Morgan fingerprint density at radius 2 is 1.88 bits per heavy atom. The van der Waals surface area contributed by atoms with Gasteiger partial charge in [0, 0.05) is 11.5 Å². The third kappa shape index (κ3) is 3.41. The molecule has 1 atom stereocenters. The quantitative estimate of drug-likeness (QED) is 0.679. The molecule has 0 unspecified atom stereocenters. The first-order valence-electron chi connectivity index (χ1n) is 7.48. The summed E-state index contributed by atoms with van der Waals surface area (Å²) in [5.41, 5.74) is -0.210. The normalized spacial score (nSPS) is 12.1. The van der Waals surface area contributed by atoms with E-state index < -0.39 is 35.6 Å². The predicted molar refractivity (Wildman–Crippen MR) is 88.2 cm³/mol. The van der Waals surface area contributed by atoms with E-state index in [0.717, 1.165) is 6.07 Å². The standard InChI is InChI=1S/C18H14F2N2O3/c19-11-6-4-10(5-7-11)15(9-23)22-18(25)14-8-16(24)12-2-1-3-13(20)17(12)21-14/h1-8,15,23H,9H2,(H,21,24)(H,22,25)/t15-/m0/s1. The molecule has 0 bridgehead atoms. The number of carbonyl (C=O) groups excluding carboxylic acids is 1. The van der Waals surface area contributed by atoms with E-state index in [4.69, 9.17) is 0 Å². The number of aromatic nitrogens is 1. The second-order valence-corrected chi connectivity index (χ2v) is 5.47. The summed E-state index contributed by atoms with van der Waals surface area (Å²) < 4.78 is 26.9. The lowest BCUT2D eigenvalue weighted by Gasteiger charge is -2.17. The lowest BCUT2D eigenvalue weighted by atomic mass is 10.1. The van der Waals surface area contributed by atoms with Crippen molar-refractivity contribution in [2.45, 2.75) is 6.04 Å². The molecule has 1 heterocycles. The number of pyridine rings is 1. The number of aliphatic hydroxyl groups is 1. The van der Waals surface area contributed by atoms with E-state index in [1.807, 2.05) is 0 Å². The summed E-state index contributed by atoms with van der Waals surface area (Å²) in [6.45, 7) is -0.427. The highest BCUT2D eigenvalue weighted by molar-refractivity contribution is 5.95. The van der Waals surface area contributed by atoms with Crippen LogP contribution in [0.1, 0.15) is 22.1 Å². The monoisotopic (exact) mass is 344 g/mol. The first-order chi connectivity index (χ1) is 12.0. The number of nitrogens with one attached hydrogen (secondary N) is 2. The largest absolute Gasteiger partial charge is 0.394 e. The van der Waals surface area contributed by atoms with Crippen LogP contribution in [0.3, 0.4) is 0 Å². The molecule has 7 heteroatoms. The van der Waals surface area contributed by atoms with Crippen LogP contribution < -0.4 is 10.7 Å². The number of benzene rings is 2. The number of hydrogen-bond donors (Lipinski definition) is 3. The van der Waals surface area contributed by atoms with Crippen LogP contribution in [-0.2, 0) is 0 Å². The van der Waals surface area contributed by atoms with E-state index in [9.17, 15) is 23.5 Å². The molecule has 1 aromatic heterocycles. The SMILES string of the molecule is O=C(N[C@@H](CO)c1ccc(F)cc1)c1cc(=O)c2cccc(F)c2[nH]1. The number of H-pyrrole nitrogens is 1. The lowest BCUT2D eigenvalue weighted by Crippen LogP contribution is -2.32. The molecule has 3 aromatic rings. The van der Waals surface area contributed by atoms with Crippen LogP contribution >= 0.6 is 0 Å². The summed E-state index contributed by atoms with van der Waals surface area (Å²) in [4.78, 5) is 27.0. The summed E-state index contributed by atoms with van der Waals surface area (Å²) in [5.74, 6) is -1.78. The minimum Gasteiger partial charge on any atom is -0.394 e. The first-order valence-corrected chi connectivity index (χ1v) is 7.48. The van der Waals surface area contributed by atoms with Crippen molar-refractivity contribution in [2.24, 2.45) is 0 Å². The Hall–Kier alpha value is -3.06. The zero-order chi connectivity index (χ0) is 18.0. The molecule has 0 fully saturated rings. The maximum atomic E-state index is 13.9. The Morgan fingerprint density at radius 3 is 2.56 bits per heavy atom. The number of halogens is 2. The second kappa shape index (κ2) is 6.82. The highest BCUT2D eigenvalue weighted by Crippen LogP contribution is 2.15. The summed E-state index contributed by atoms with van der Waals surface area (Å²) >= 11 is 0. The van der Waals surface area contributed by atoms with Crippen LogP contribution in [0.25, 0.3) is 10.9 Å². The molecule has 25 heavy (non-hydrogen) atoms. The number of amides is 1. The van der Waals surface area contributed by atoms with E-state index in [1.165, 1.54) is 42.5 Å². The third-order valence-electron chi connectivity index (χ3n) is 3.82. The Labute approximate surface area is 140 Å². The molecule has 0 radical (unpaired) electrons. The number of aromatic amines is 1. The van der Waals surface area contributed by atoms with E-state index >= 15 is 0 Å². The number of para-hydroxylation sites is 1.